The number of anilines is 1. The van der Waals surface area contributed by atoms with Gasteiger partial charge >= 0.3 is 0 Å². The van der Waals surface area contributed by atoms with Crippen LogP contribution in [-0.2, 0) is 11.8 Å². The number of rotatable bonds is 3. The third kappa shape index (κ3) is 3.12. The zero-order valence-electron chi connectivity index (χ0n) is 15.0. The fourth-order valence-corrected chi connectivity index (χ4v) is 3.44. The summed E-state index contributed by atoms with van der Waals surface area (Å²) >= 11 is 0. The number of halogens is 1. The van der Waals surface area contributed by atoms with Gasteiger partial charge in [-0.3, -0.25) is 4.79 Å². The summed E-state index contributed by atoms with van der Waals surface area (Å²) in [6.45, 7) is 1.67. The molecule has 0 atom stereocenters. The number of pyridine rings is 1. The van der Waals surface area contributed by atoms with Crippen molar-refractivity contribution in [2.75, 3.05) is 37.7 Å². The van der Waals surface area contributed by atoms with Gasteiger partial charge < -0.3 is 19.5 Å². The van der Waals surface area contributed by atoms with Crippen LogP contribution in [0.5, 0.6) is 0 Å². The van der Waals surface area contributed by atoms with Gasteiger partial charge in [-0.2, -0.15) is 0 Å². The largest absolute Gasteiger partial charge is 0.387 e. The highest BCUT2D eigenvalue weighted by atomic mass is 19.1. The number of amides is 1. The zero-order chi connectivity index (χ0) is 19.0. The molecular weight excluding hydrogens is 349 g/mol. The molecule has 0 unspecified atom stereocenters. The maximum atomic E-state index is 14.5. The molecule has 3 heterocycles. The van der Waals surface area contributed by atoms with Gasteiger partial charge in [0.1, 0.15) is 18.2 Å². The number of aromatic nitrogens is 3. The van der Waals surface area contributed by atoms with Gasteiger partial charge in [0, 0.05) is 33.2 Å². The minimum atomic E-state index is -0.480. The van der Waals surface area contributed by atoms with E-state index in [9.17, 15) is 9.18 Å². The summed E-state index contributed by atoms with van der Waals surface area (Å²) < 4.78 is 16.4. The molecular formula is C19H20FN5O2. The van der Waals surface area contributed by atoms with Crippen molar-refractivity contribution in [1.82, 2.24) is 19.4 Å². The van der Waals surface area contributed by atoms with Crippen molar-refractivity contribution in [3.63, 3.8) is 0 Å². The van der Waals surface area contributed by atoms with E-state index in [1.54, 1.807) is 11.0 Å². The minimum Gasteiger partial charge on any atom is -0.387 e. The van der Waals surface area contributed by atoms with Gasteiger partial charge in [-0.1, -0.05) is 12.1 Å². The van der Waals surface area contributed by atoms with Gasteiger partial charge in [0.05, 0.1) is 22.8 Å². The average Bonchev–Trinajstić information content (AvgIpc) is 3.04. The molecule has 8 heteroatoms. The molecule has 1 aliphatic rings. The maximum absolute atomic E-state index is 14.5. The molecule has 2 aromatic heterocycles. The Labute approximate surface area is 155 Å². The van der Waals surface area contributed by atoms with Gasteiger partial charge in [0.2, 0.25) is 5.91 Å². The van der Waals surface area contributed by atoms with Crippen LogP contribution < -0.4 is 4.90 Å². The van der Waals surface area contributed by atoms with E-state index in [4.69, 9.17) is 5.11 Å². The lowest BCUT2D eigenvalue weighted by Gasteiger charge is -2.35. The van der Waals surface area contributed by atoms with E-state index in [0.717, 1.165) is 11.0 Å². The highest BCUT2D eigenvalue weighted by molar-refractivity contribution is 5.81. The van der Waals surface area contributed by atoms with Crippen molar-refractivity contribution >= 4 is 22.8 Å². The summed E-state index contributed by atoms with van der Waals surface area (Å²) in [4.78, 5) is 24.0. The summed E-state index contributed by atoms with van der Waals surface area (Å²) in [7, 11) is 1.86. The molecule has 1 aromatic carbocycles. The molecule has 140 valence electrons. The van der Waals surface area contributed by atoms with Gasteiger partial charge in [-0.05, 0) is 18.2 Å². The van der Waals surface area contributed by atoms with E-state index in [1.807, 2.05) is 40.8 Å². The monoisotopic (exact) mass is 369 g/mol. The molecule has 1 N–H and O–H groups in total. The standard InChI is InChI=1S/C19H20FN5O2/c1-23-16-5-3-2-4-15(16)22-19(23)13-10-17(21-11-14(13)20)24-6-8-25(9-7-24)18(27)12-26/h2-5,10-11,26H,6-9,12H2,1H3. The number of benzene rings is 1. The number of imidazole rings is 1. The van der Waals surface area contributed by atoms with Crippen LogP contribution in [0.25, 0.3) is 22.4 Å². The molecule has 0 radical (unpaired) electrons. The Kier molecular flexibility index (Phi) is 4.49. The van der Waals surface area contributed by atoms with E-state index >= 15 is 0 Å². The predicted molar refractivity (Wildman–Crippen MR) is 99.8 cm³/mol. The molecule has 4 rings (SSSR count). The molecule has 0 aliphatic carbocycles. The number of para-hydroxylation sites is 2. The number of fused-ring (bicyclic) bond motifs is 1. The second-order valence-corrected chi connectivity index (χ2v) is 6.53. The number of carbonyl (C=O) groups excluding carboxylic acids is 1. The zero-order valence-corrected chi connectivity index (χ0v) is 15.0. The van der Waals surface area contributed by atoms with E-state index in [1.165, 1.54) is 6.20 Å². The topological polar surface area (TPSA) is 74.5 Å². The lowest BCUT2D eigenvalue weighted by Crippen LogP contribution is -2.49. The minimum absolute atomic E-state index is 0.276. The Morgan fingerprint density at radius 2 is 1.96 bits per heavy atom. The molecule has 0 saturated carbocycles. The lowest BCUT2D eigenvalue weighted by atomic mass is 10.2. The molecule has 7 nitrogen and oxygen atoms in total. The molecule has 3 aromatic rings. The van der Waals surface area contributed by atoms with Gasteiger partial charge in [0.25, 0.3) is 0 Å². The predicted octanol–water partition coefficient (Wildman–Crippen LogP) is 1.42. The van der Waals surface area contributed by atoms with Crippen molar-refractivity contribution in [3.05, 3.63) is 42.3 Å². The number of nitrogens with zero attached hydrogens (tertiary/aromatic N) is 5. The smallest absolute Gasteiger partial charge is 0.248 e. The van der Waals surface area contributed by atoms with Crippen LogP contribution in [0.2, 0.25) is 0 Å². The van der Waals surface area contributed by atoms with Gasteiger partial charge in [-0.15, -0.1) is 0 Å². The highest BCUT2D eigenvalue weighted by Gasteiger charge is 2.23. The Morgan fingerprint density at radius 3 is 2.67 bits per heavy atom. The van der Waals surface area contributed by atoms with Crippen LogP contribution in [0.3, 0.4) is 0 Å². The first kappa shape index (κ1) is 17.4. The Hall–Kier alpha value is -3.00. The van der Waals surface area contributed by atoms with Crippen LogP contribution in [0.4, 0.5) is 10.2 Å². The third-order valence-corrected chi connectivity index (χ3v) is 4.96. The maximum Gasteiger partial charge on any atom is 0.248 e. The fraction of sp³-hybridized carbons (Fsp3) is 0.316. The van der Waals surface area contributed by atoms with Crippen LogP contribution in [0, 0.1) is 5.82 Å². The number of hydrogen-bond acceptors (Lipinski definition) is 5. The first-order valence-corrected chi connectivity index (χ1v) is 8.79. The summed E-state index contributed by atoms with van der Waals surface area (Å²) in [5.41, 5.74) is 2.14. The van der Waals surface area contributed by atoms with Crippen LogP contribution in [-0.4, -0.2) is 63.2 Å². The number of aliphatic hydroxyl groups excluding tert-OH is 1. The molecule has 1 aliphatic heterocycles. The molecule has 0 spiro atoms. The van der Waals surface area contributed by atoms with Crippen molar-refractivity contribution in [3.8, 4) is 11.4 Å². The van der Waals surface area contributed by atoms with Crippen molar-refractivity contribution < 1.29 is 14.3 Å². The molecule has 0 bridgehead atoms. The number of hydrogen-bond donors (Lipinski definition) is 1. The average molecular weight is 369 g/mol. The number of aryl methyl sites for hydroxylation is 1. The molecule has 27 heavy (non-hydrogen) atoms. The molecule has 1 saturated heterocycles. The van der Waals surface area contributed by atoms with Gasteiger partial charge in [-0.25, -0.2) is 14.4 Å². The lowest BCUT2D eigenvalue weighted by molar-refractivity contribution is -0.134. The molecule has 1 amide bonds. The SMILES string of the molecule is Cn1c(-c2cc(N3CCN(C(=O)CO)CC3)ncc2F)nc2ccccc21. The number of piperazine rings is 1. The van der Waals surface area contributed by atoms with Gasteiger partial charge in [0.15, 0.2) is 5.82 Å². The fourth-order valence-electron chi connectivity index (χ4n) is 3.44. The van der Waals surface area contributed by atoms with E-state index in [2.05, 4.69) is 9.97 Å². The van der Waals surface area contributed by atoms with Crippen molar-refractivity contribution in [2.45, 2.75) is 0 Å². The van der Waals surface area contributed by atoms with Crippen molar-refractivity contribution in [2.24, 2.45) is 7.05 Å². The summed E-state index contributed by atoms with van der Waals surface area (Å²) in [5, 5.41) is 8.98. The normalized spacial score (nSPS) is 14.8. The van der Waals surface area contributed by atoms with E-state index in [0.29, 0.717) is 43.4 Å². The first-order chi connectivity index (χ1) is 13.1. The van der Waals surface area contributed by atoms with E-state index in [-0.39, 0.29) is 5.91 Å². The highest BCUT2D eigenvalue weighted by Crippen LogP contribution is 2.28. The van der Waals surface area contributed by atoms with Crippen LogP contribution in [0.15, 0.2) is 36.5 Å². The van der Waals surface area contributed by atoms with E-state index < -0.39 is 12.4 Å². The second kappa shape index (κ2) is 6.96. The Bertz CT molecular complexity index is 995. The number of carbonyl (C=O) groups is 1. The first-order valence-electron chi connectivity index (χ1n) is 8.79. The second-order valence-electron chi connectivity index (χ2n) is 6.53. The Morgan fingerprint density at radius 1 is 1.22 bits per heavy atom. The third-order valence-electron chi connectivity index (χ3n) is 4.96. The summed E-state index contributed by atoms with van der Waals surface area (Å²) in [6.07, 6.45) is 1.22. The summed E-state index contributed by atoms with van der Waals surface area (Å²) in [6, 6.07) is 9.38. The summed E-state index contributed by atoms with van der Waals surface area (Å²) in [5.74, 6) is 0.495. The van der Waals surface area contributed by atoms with Crippen LogP contribution in [0.1, 0.15) is 0 Å². The molecule has 1 fully saturated rings. The van der Waals surface area contributed by atoms with Crippen molar-refractivity contribution in [1.29, 1.82) is 0 Å². The van der Waals surface area contributed by atoms with Crippen LogP contribution >= 0.6 is 0 Å². The quantitative estimate of drug-likeness (QED) is 0.756. The Balaban J connectivity index is 1.64. The number of aliphatic hydroxyl groups is 1.